The van der Waals surface area contributed by atoms with E-state index in [9.17, 15) is 4.79 Å². The lowest BCUT2D eigenvalue weighted by atomic mass is 10.1. The summed E-state index contributed by atoms with van der Waals surface area (Å²) >= 11 is 0. The number of nitrogens with zero attached hydrogens (tertiary/aromatic N) is 3. The quantitative estimate of drug-likeness (QED) is 0.556. The summed E-state index contributed by atoms with van der Waals surface area (Å²) < 4.78 is 1.93. The molecular weight excluding hydrogens is 312 g/mol. The van der Waals surface area contributed by atoms with E-state index in [1.54, 1.807) is 12.5 Å². The number of imidazole rings is 1. The molecule has 0 aliphatic heterocycles. The van der Waals surface area contributed by atoms with Gasteiger partial charge in [0.15, 0.2) is 0 Å². The lowest BCUT2D eigenvalue weighted by Crippen LogP contribution is -2.19. The summed E-state index contributed by atoms with van der Waals surface area (Å²) in [6, 6.07) is 17.9. The number of carbonyl (C=O) groups excluding carboxylic acids is 1. The molecule has 0 radical (unpaired) electrons. The topological polar surface area (TPSA) is 59.3 Å². The van der Waals surface area contributed by atoms with E-state index >= 15 is 0 Å². The molecule has 0 saturated carbocycles. The van der Waals surface area contributed by atoms with Crippen LogP contribution in [0.1, 0.15) is 24.5 Å². The van der Waals surface area contributed by atoms with E-state index in [1.807, 2.05) is 72.3 Å². The molecule has 3 rings (SSSR count). The Balaban J connectivity index is 1.55. The smallest absolute Gasteiger partial charge is 0.240 e. The van der Waals surface area contributed by atoms with Gasteiger partial charge in [0.25, 0.3) is 0 Å². The van der Waals surface area contributed by atoms with Crippen LogP contribution in [-0.2, 0) is 11.2 Å². The van der Waals surface area contributed by atoms with Crippen LogP contribution in [0, 0.1) is 0 Å². The Hall–Kier alpha value is -3.21. The van der Waals surface area contributed by atoms with E-state index < -0.39 is 0 Å². The van der Waals surface area contributed by atoms with Gasteiger partial charge in [-0.3, -0.25) is 4.79 Å². The standard InChI is InChI=1S/C20H20N4O/c1-16(18-8-10-19(11-9-18)24-14-13-21-15-24)22-23-20(25)12-7-17-5-3-2-4-6-17/h2-6,8-11,13-15H,7,12H2,1H3,(H,23,25). The SMILES string of the molecule is CC(=NNC(=O)CCc1ccccc1)c1ccc(-n2ccnc2)cc1. The third kappa shape index (κ3) is 4.64. The van der Waals surface area contributed by atoms with Crippen molar-refractivity contribution in [2.24, 2.45) is 5.10 Å². The van der Waals surface area contributed by atoms with Gasteiger partial charge >= 0.3 is 0 Å². The zero-order chi connectivity index (χ0) is 17.5. The summed E-state index contributed by atoms with van der Waals surface area (Å²) in [4.78, 5) is 16.0. The second-order valence-corrected chi connectivity index (χ2v) is 5.73. The van der Waals surface area contributed by atoms with E-state index in [0.29, 0.717) is 12.8 Å². The van der Waals surface area contributed by atoms with Gasteiger partial charge in [-0.2, -0.15) is 5.10 Å². The molecule has 1 amide bonds. The largest absolute Gasteiger partial charge is 0.306 e. The Bertz CT molecular complexity index is 837. The van der Waals surface area contributed by atoms with E-state index in [4.69, 9.17) is 0 Å². The maximum absolute atomic E-state index is 11.9. The van der Waals surface area contributed by atoms with Crippen LogP contribution in [0.5, 0.6) is 0 Å². The molecule has 1 heterocycles. The van der Waals surface area contributed by atoms with Crippen LogP contribution in [0.3, 0.4) is 0 Å². The second kappa shape index (κ2) is 8.06. The van der Waals surface area contributed by atoms with E-state index in [0.717, 1.165) is 22.5 Å². The van der Waals surface area contributed by atoms with Crippen molar-refractivity contribution in [3.63, 3.8) is 0 Å². The number of rotatable bonds is 6. The third-order valence-corrected chi connectivity index (χ3v) is 3.92. The first kappa shape index (κ1) is 16.6. The second-order valence-electron chi connectivity index (χ2n) is 5.73. The maximum Gasteiger partial charge on any atom is 0.240 e. The summed E-state index contributed by atoms with van der Waals surface area (Å²) in [6.07, 6.45) is 6.51. The van der Waals surface area contributed by atoms with Gasteiger partial charge in [-0.1, -0.05) is 42.5 Å². The van der Waals surface area contributed by atoms with Gasteiger partial charge in [0.2, 0.25) is 5.91 Å². The number of carbonyl (C=O) groups is 1. The van der Waals surface area contributed by atoms with Gasteiger partial charge in [0.05, 0.1) is 12.0 Å². The van der Waals surface area contributed by atoms with Crippen molar-refractivity contribution in [3.05, 3.63) is 84.4 Å². The summed E-state index contributed by atoms with van der Waals surface area (Å²) in [7, 11) is 0. The summed E-state index contributed by atoms with van der Waals surface area (Å²) in [6.45, 7) is 1.88. The first-order valence-corrected chi connectivity index (χ1v) is 8.18. The molecular formula is C20H20N4O. The van der Waals surface area contributed by atoms with Crippen LogP contribution in [0.4, 0.5) is 0 Å². The minimum atomic E-state index is -0.0850. The van der Waals surface area contributed by atoms with Crippen molar-refractivity contribution in [3.8, 4) is 5.69 Å². The molecule has 0 bridgehead atoms. The van der Waals surface area contributed by atoms with Crippen molar-refractivity contribution in [1.29, 1.82) is 0 Å². The van der Waals surface area contributed by atoms with Crippen LogP contribution in [0.2, 0.25) is 0 Å². The molecule has 5 nitrogen and oxygen atoms in total. The molecule has 0 unspecified atom stereocenters. The number of benzene rings is 2. The normalized spacial score (nSPS) is 11.3. The molecule has 0 aliphatic rings. The Morgan fingerprint density at radius 3 is 2.56 bits per heavy atom. The summed E-state index contributed by atoms with van der Waals surface area (Å²) in [5, 5.41) is 4.20. The zero-order valence-electron chi connectivity index (χ0n) is 14.1. The molecule has 0 aliphatic carbocycles. The predicted molar refractivity (Wildman–Crippen MR) is 98.7 cm³/mol. The zero-order valence-corrected chi connectivity index (χ0v) is 14.1. The molecule has 1 N–H and O–H groups in total. The number of aromatic nitrogens is 2. The highest BCUT2D eigenvalue weighted by Gasteiger charge is 2.03. The number of hydrogen-bond donors (Lipinski definition) is 1. The number of nitrogens with one attached hydrogen (secondary N) is 1. The van der Waals surface area contributed by atoms with Crippen LogP contribution < -0.4 is 5.43 Å². The van der Waals surface area contributed by atoms with Crippen molar-refractivity contribution >= 4 is 11.6 Å². The highest BCUT2D eigenvalue weighted by molar-refractivity contribution is 5.99. The minimum Gasteiger partial charge on any atom is -0.306 e. The van der Waals surface area contributed by atoms with Gasteiger partial charge in [-0.25, -0.2) is 10.4 Å². The number of aryl methyl sites for hydroxylation is 1. The molecule has 0 atom stereocenters. The van der Waals surface area contributed by atoms with Gasteiger partial charge in [0, 0.05) is 24.5 Å². The number of hydrazone groups is 1. The molecule has 5 heteroatoms. The fraction of sp³-hybridized carbons (Fsp3) is 0.150. The van der Waals surface area contributed by atoms with E-state index in [1.165, 1.54) is 0 Å². The van der Waals surface area contributed by atoms with Crippen LogP contribution in [-0.4, -0.2) is 21.2 Å². The highest BCUT2D eigenvalue weighted by Crippen LogP contribution is 2.10. The van der Waals surface area contributed by atoms with Crippen molar-refractivity contribution in [1.82, 2.24) is 15.0 Å². The number of amides is 1. The lowest BCUT2D eigenvalue weighted by Gasteiger charge is -2.05. The molecule has 3 aromatic rings. The molecule has 25 heavy (non-hydrogen) atoms. The van der Waals surface area contributed by atoms with Crippen LogP contribution in [0.15, 0.2) is 78.4 Å². The van der Waals surface area contributed by atoms with Crippen molar-refractivity contribution in [2.45, 2.75) is 19.8 Å². The van der Waals surface area contributed by atoms with E-state index in [2.05, 4.69) is 15.5 Å². The van der Waals surface area contributed by atoms with Gasteiger partial charge in [-0.15, -0.1) is 0 Å². The Kier molecular flexibility index (Phi) is 5.36. The Morgan fingerprint density at radius 1 is 1.12 bits per heavy atom. The van der Waals surface area contributed by atoms with Gasteiger partial charge in [-0.05, 0) is 36.6 Å². The van der Waals surface area contributed by atoms with Gasteiger partial charge < -0.3 is 4.57 Å². The first-order valence-electron chi connectivity index (χ1n) is 8.18. The average Bonchev–Trinajstić information content (AvgIpc) is 3.20. The van der Waals surface area contributed by atoms with E-state index in [-0.39, 0.29) is 5.91 Å². The first-order chi connectivity index (χ1) is 12.2. The van der Waals surface area contributed by atoms with Crippen molar-refractivity contribution < 1.29 is 4.79 Å². The minimum absolute atomic E-state index is 0.0850. The molecule has 1 aromatic heterocycles. The molecule has 0 spiro atoms. The fourth-order valence-corrected chi connectivity index (χ4v) is 2.46. The molecule has 0 fully saturated rings. The predicted octanol–water partition coefficient (Wildman–Crippen LogP) is 3.35. The molecule has 2 aromatic carbocycles. The summed E-state index contributed by atoms with van der Waals surface area (Å²) in [5.74, 6) is -0.0850. The van der Waals surface area contributed by atoms with Crippen LogP contribution in [0.25, 0.3) is 5.69 Å². The number of hydrogen-bond acceptors (Lipinski definition) is 3. The monoisotopic (exact) mass is 332 g/mol. The molecule has 126 valence electrons. The van der Waals surface area contributed by atoms with Gasteiger partial charge in [0.1, 0.15) is 0 Å². The van der Waals surface area contributed by atoms with Crippen LogP contribution >= 0.6 is 0 Å². The molecule has 0 saturated heterocycles. The van der Waals surface area contributed by atoms with Crippen molar-refractivity contribution in [2.75, 3.05) is 0 Å². The lowest BCUT2D eigenvalue weighted by molar-refractivity contribution is -0.121. The third-order valence-electron chi connectivity index (χ3n) is 3.92. The highest BCUT2D eigenvalue weighted by atomic mass is 16.2. The maximum atomic E-state index is 11.9. The Labute approximate surface area is 147 Å². The average molecular weight is 332 g/mol. The Morgan fingerprint density at radius 2 is 1.88 bits per heavy atom. The fourth-order valence-electron chi connectivity index (χ4n) is 2.46. The summed E-state index contributed by atoms with van der Waals surface area (Å²) in [5.41, 5.74) is 6.54.